The van der Waals surface area contributed by atoms with E-state index < -0.39 is 0 Å². The first kappa shape index (κ1) is 10.5. The molecule has 0 saturated carbocycles. The van der Waals surface area contributed by atoms with Crippen molar-refractivity contribution < 1.29 is 4.42 Å². The molecule has 2 rings (SSSR count). The first-order chi connectivity index (χ1) is 7.79. The van der Waals surface area contributed by atoms with E-state index in [2.05, 4.69) is 25.7 Å². The summed E-state index contributed by atoms with van der Waals surface area (Å²) in [4.78, 5) is 10.8. The Labute approximate surface area is 90.9 Å². The molecule has 2 N–H and O–H groups in total. The largest absolute Gasteiger partial charge is 0.418 e. The SMILES string of the molecule is CCNCc1nnc(-c2ccc(=O)[nH]n2)o1. The number of H-pyrrole nitrogens is 1. The summed E-state index contributed by atoms with van der Waals surface area (Å²) < 4.78 is 5.34. The average Bonchev–Trinajstić information content (AvgIpc) is 2.76. The molecular formula is C9H11N5O2. The van der Waals surface area contributed by atoms with Gasteiger partial charge in [-0.15, -0.1) is 10.2 Å². The molecule has 0 aliphatic rings. The van der Waals surface area contributed by atoms with Crippen LogP contribution in [0.5, 0.6) is 0 Å². The van der Waals surface area contributed by atoms with E-state index in [4.69, 9.17) is 4.42 Å². The monoisotopic (exact) mass is 221 g/mol. The van der Waals surface area contributed by atoms with Crippen molar-refractivity contribution in [2.24, 2.45) is 0 Å². The van der Waals surface area contributed by atoms with Crippen molar-refractivity contribution in [3.05, 3.63) is 28.4 Å². The van der Waals surface area contributed by atoms with Crippen LogP contribution in [0.4, 0.5) is 0 Å². The minimum absolute atomic E-state index is 0.267. The van der Waals surface area contributed by atoms with Crippen LogP contribution in [0.3, 0.4) is 0 Å². The highest BCUT2D eigenvalue weighted by Crippen LogP contribution is 2.12. The molecule has 0 spiro atoms. The molecule has 7 nitrogen and oxygen atoms in total. The zero-order valence-corrected chi connectivity index (χ0v) is 8.73. The Morgan fingerprint density at radius 1 is 1.44 bits per heavy atom. The predicted molar refractivity (Wildman–Crippen MR) is 55.5 cm³/mol. The second kappa shape index (κ2) is 4.67. The van der Waals surface area contributed by atoms with Crippen LogP contribution in [0.1, 0.15) is 12.8 Å². The summed E-state index contributed by atoms with van der Waals surface area (Å²) in [5.41, 5.74) is 0.186. The second-order valence-corrected chi connectivity index (χ2v) is 3.09. The van der Waals surface area contributed by atoms with Gasteiger partial charge in [0.15, 0.2) is 0 Å². The number of aromatic amines is 1. The minimum Gasteiger partial charge on any atom is -0.418 e. The Kier molecular flexibility index (Phi) is 3.06. The highest BCUT2D eigenvalue weighted by molar-refractivity contribution is 5.43. The number of nitrogens with one attached hydrogen (secondary N) is 2. The highest BCUT2D eigenvalue weighted by atomic mass is 16.4. The number of aromatic nitrogens is 4. The number of hydrogen-bond acceptors (Lipinski definition) is 6. The van der Waals surface area contributed by atoms with Crippen LogP contribution in [-0.2, 0) is 6.54 Å². The Morgan fingerprint density at radius 3 is 3.00 bits per heavy atom. The van der Waals surface area contributed by atoms with Crippen molar-refractivity contribution in [1.29, 1.82) is 0 Å². The van der Waals surface area contributed by atoms with Crippen molar-refractivity contribution in [3.8, 4) is 11.6 Å². The summed E-state index contributed by atoms with van der Waals surface area (Å²) in [6.45, 7) is 3.34. The topological polar surface area (TPSA) is 96.7 Å². The highest BCUT2D eigenvalue weighted by Gasteiger charge is 2.08. The third-order valence-corrected chi connectivity index (χ3v) is 1.89. The zero-order valence-electron chi connectivity index (χ0n) is 8.73. The molecule has 16 heavy (non-hydrogen) atoms. The zero-order chi connectivity index (χ0) is 11.4. The molecule has 0 aromatic carbocycles. The lowest BCUT2D eigenvalue weighted by Gasteiger charge is -1.94. The van der Waals surface area contributed by atoms with Crippen molar-refractivity contribution in [2.75, 3.05) is 6.54 Å². The van der Waals surface area contributed by atoms with Crippen LogP contribution in [-0.4, -0.2) is 26.9 Å². The van der Waals surface area contributed by atoms with E-state index in [1.54, 1.807) is 0 Å². The molecule has 2 aromatic rings. The summed E-state index contributed by atoms with van der Waals surface area (Å²) in [6.07, 6.45) is 0. The Bertz CT molecular complexity index is 498. The maximum atomic E-state index is 10.8. The van der Waals surface area contributed by atoms with Crippen molar-refractivity contribution in [2.45, 2.75) is 13.5 Å². The van der Waals surface area contributed by atoms with Crippen LogP contribution in [0.2, 0.25) is 0 Å². The summed E-state index contributed by atoms with van der Waals surface area (Å²) in [7, 11) is 0. The molecule has 84 valence electrons. The fourth-order valence-corrected chi connectivity index (χ4v) is 1.12. The molecule has 0 amide bonds. The molecule has 2 heterocycles. The number of rotatable bonds is 4. The van der Waals surface area contributed by atoms with Crippen LogP contribution < -0.4 is 10.9 Å². The molecule has 0 fully saturated rings. The van der Waals surface area contributed by atoms with Crippen molar-refractivity contribution in [3.63, 3.8) is 0 Å². The summed E-state index contributed by atoms with van der Waals surface area (Å²) in [5, 5.41) is 16.8. The standard InChI is InChI=1S/C9H11N5O2/c1-2-10-5-8-13-14-9(16-8)6-3-4-7(15)12-11-6/h3-4,10H,2,5H2,1H3,(H,12,15). The lowest BCUT2D eigenvalue weighted by Crippen LogP contribution is -2.11. The molecular weight excluding hydrogens is 210 g/mol. The number of nitrogens with zero attached hydrogens (tertiary/aromatic N) is 3. The van der Waals surface area contributed by atoms with Gasteiger partial charge >= 0.3 is 0 Å². The van der Waals surface area contributed by atoms with Crippen molar-refractivity contribution >= 4 is 0 Å². The Balaban J connectivity index is 2.18. The van der Waals surface area contributed by atoms with Crippen LogP contribution >= 0.6 is 0 Å². The molecule has 0 bridgehead atoms. The van der Waals surface area contributed by atoms with Gasteiger partial charge in [-0.2, -0.15) is 5.10 Å². The molecule has 0 unspecified atom stereocenters. The van der Waals surface area contributed by atoms with Gasteiger partial charge in [-0.3, -0.25) is 4.79 Å². The summed E-state index contributed by atoms with van der Waals surface area (Å²) in [6, 6.07) is 2.89. The third kappa shape index (κ3) is 2.31. The van der Waals surface area contributed by atoms with Gasteiger partial charge in [0.05, 0.1) is 6.54 Å². The van der Waals surface area contributed by atoms with E-state index in [-0.39, 0.29) is 5.56 Å². The smallest absolute Gasteiger partial charge is 0.268 e. The van der Waals surface area contributed by atoms with Crippen LogP contribution in [0, 0.1) is 0 Å². The molecule has 2 aromatic heterocycles. The second-order valence-electron chi connectivity index (χ2n) is 3.09. The van der Waals surface area contributed by atoms with E-state index in [0.717, 1.165) is 6.54 Å². The van der Waals surface area contributed by atoms with Gasteiger partial charge in [-0.25, -0.2) is 5.10 Å². The fourth-order valence-electron chi connectivity index (χ4n) is 1.12. The summed E-state index contributed by atoms with van der Waals surface area (Å²) >= 11 is 0. The van der Waals surface area contributed by atoms with Gasteiger partial charge in [-0.1, -0.05) is 6.92 Å². The van der Waals surface area contributed by atoms with Crippen molar-refractivity contribution in [1.82, 2.24) is 25.7 Å². The molecule has 0 aliphatic heterocycles. The number of hydrogen-bond donors (Lipinski definition) is 2. The van der Waals surface area contributed by atoms with Gasteiger partial charge in [-0.05, 0) is 12.6 Å². The van der Waals surface area contributed by atoms with E-state index in [0.29, 0.717) is 24.0 Å². The summed E-state index contributed by atoms with van der Waals surface area (Å²) in [5.74, 6) is 0.786. The van der Waals surface area contributed by atoms with E-state index in [1.807, 2.05) is 6.92 Å². The minimum atomic E-state index is -0.267. The van der Waals surface area contributed by atoms with Gasteiger partial charge in [0.2, 0.25) is 5.89 Å². The van der Waals surface area contributed by atoms with Gasteiger partial charge < -0.3 is 9.73 Å². The van der Waals surface area contributed by atoms with E-state index in [1.165, 1.54) is 12.1 Å². The van der Waals surface area contributed by atoms with E-state index in [9.17, 15) is 4.79 Å². The lowest BCUT2D eigenvalue weighted by atomic mass is 10.4. The van der Waals surface area contributed by atoms with Crippen LogP contribution in [0.15, 0.2) is 21.3 Å². The average molecular weight is 221 g/mol. The normalized spacial score (nSPS) is 10.6. The first-order valence-corrected chi connectivity index (χ1v) is 4.89. The van der Waals surface area contributed by atoms with Gasteiger partial charge in [0, 0.05) is 6.07 Å². The molecule has 0 saturated heterocycles. The Hall–Kier alpha value is -2.02. The molecule has 0 radical (unpaired) electrons. The van der Waals surface area contributed by atoms with Gasteiger partial charge in [0.1, 0.15) is 5.69 Å². The fraction of sp³-hybridized carbons (Fsp3) is 0.333. The quantitative estimate of drug-likeness (QED) is 0.750. The van der Waals surface area contributed by atoms with Gasteiger partial charge in [0.25, 0.3) is 11.4 Å². The van der Waals surface area contributed by atoms with Crippen LogP contribution in [0.25, 0.3) is 11.6 Å². The lowest BCUT2D eigenvalue weighted by molar-refractivity contribution is 0.480. The molecule has 7 heteroatoms. The maximum Gasteiger partial charge on any atom is 0.268 e. The molecule has 0 atom stereocenters. The molecule has 0 aliphatic carbocycles. The third-order valence-electron chi connectivity index (χ3n) is 1.89. The van der Waals surface area contributed by atoms with E-state index >= 15 is 0 Å². The Morgan fingerprint density at radius 2 is 2.31 bits per heavy atom. The maximum absolute atomic E-state index is 10.8. The predicted octanol–water partition coefficient (Wildman–Crippen LogP) is -0.0706. The first-order valence-electron chi connectivity index (χ1n) is 4.89.